The minimum atomic E-state index is -3.73. The highest BCUT2D eigenvalue weighted by molar-refractivity contribution is 7.89. The zero-order valence-electron chi connectivity index (χ0n) is 17.6. The molecule has 1 fully saturated rings. The molecule has 0 N–H and O–H groups in total. The average Bonchev–Trinajstić information content (AvgIpc) is 2.79. The summed E-state index contributed by atoms with van der Waals surface area (Å²) >= 11 is 6.09. The standard InChI is InChI=1S/C21H25ClN2O6S/c1-15(30-18-7-5-4-6-17(18)22)21(25)23-10-12-24(13-11-23)31(26,27)16-8-9-19(28-2)20(14-16)29-3/h4-9,14-15H,10-13H2,1-3H3. The predicted molar refractivity (Wildman–Crippen MR) is 116 cm³/mol. The molecule has 1 amide bonds. The van der Waals surface area contributed by atoms with Crippen molar-refractivity contribution in [3.8, 4) is 17.2 Å². The lowest BCUT2D eigenvalue weighted by atomic mass is 10.2. The molecule has 168 valence electrons. The topological polar surface area (TPSA) is 85.4 Å². The zero-order valence-corrected chi connectivity index (χ0v) is 19.1. The van der Waals surface area contributed by atoms with Crippen molar-refractivity contribution in [2.75, 3.05) is 40.4 Å². The number of ether oxygens (including phenoxy) is 3. The van der Waals surface area contributed by atoms with E-state index in [2.05, 4.69) is 0 Å². The molecule has 0 spiro atoms. The predicted octanol–water partition coefficient (Wildman–Crippen LogP) is 2.66. The van der Waals surface area contributed by atoms with Gasteiger partial charge in [0, 0.05) is 32.2 Å². The average molecular weight is 469 g/mol. The summed E-state index contributed by atoms with van der Waals surface area (Å²) in [6.07, 6.45) is -0.742. The quantitative estimate of drug-likeness (QED) is 0.621. The van der Waals surface area contributed by atoms with Gasteiger partial charge in [0.05, 0.1) is 24.1 Å². The molecular weight excluding hydrogens is 444 g/mol. The monoisotopic (exact) mass is 468 g/mol. The first-order chi connectivity index (χ1) is 14.8. The fraction of sp³-hybridized carbons (Fsp3) is 0.381. The van der Waals surface area contributed by atoms with Crippen molar-refractivity contribution in [2.45, 2.75) is 17.9 Å². The summed E-state index contributed by atoms with van der Waals surface area (Å²) in [5.41, 5.74) is 0. The largest absolute Gasteiger partial charge is 0.493 e. The third-order valence-electron chi connectivity index (χ3n) is 5.03. The third kappa shape index (κ3) is 5.06. The maximum absolute atomic E-state index is 13.0. The number of nitrogens with zero attached hydrogens (tertiary/aromatic N) is 2. The molecule has 1 saturated heterocycles. The minimum Gasteiger partial charge on any atom is -0.493 e. The van der Waals surface area contributed by atoms with Crippen LogP contribution in [0.25, 0.3) is 0 Å². The fourth-order valence-electron chi connectivity index (χ4n) is 3.31. The number of methoxy groups -OCH3 is 2. The number of amides is 1. The fourth-order valence-corrected chi connectivity index (χ4v) is 4.93. The summed E-state index contributed by atoms with van der Waals surface area (Å²) in [5.74, 6) is 0.995. The van der Waals surface area contributed by atoms with Crippen LogP contribution in [0.5, 0.6) is 17.2 Å². The molecule has 0 aromatic heterocycles. The first-order valence-electron chi connectivity index (χ1n) is 9.70. The van der Waals surface area contributed by atoms with Crippen LogP contribution in [0.4, 0.5) is 0 Å². The molecule has 8 nitrogen and oxygen atoms in total. The Labute approximate surface area is 187 Å². The Hall–Kier alpha value is -2.49. The molecule has 0 saturated carbocycles. The van der Waals surface area contributed by atoms with E-state index in [-0.39, 0.29) is 37.0 Å². The number of hydrogen-bond donors (Lipinski definition) is 0. The molecule has 0 radical (unpaired) electrons. The minimum absolute atomic E-state index is 0.111. The van der Waals surface area contributed by atoms with Gasteiger partial charge in [-0.05, 0) is 31.2 Å². The summed E-state index contributed by atoms with van der Waals surface area (Å²) in [6, 6.07) is 11.4. The van der Waals surface area contributed by atoms with Crippen LogP contribution < -0.4 is 14.2 Å². The number of benzene rings is 2. The summed E-state index contributed by atoms with van der Waals surface area (Å²) in [7, 11) is -0.798. The molecule has 1 heterocycles. The van der Waals surface area contributed by atoms with Crippen molar-refractivity contribution in [2.24, 2.45) is 0 Å². The number of carbonyl (C=O) groups is 1. The number of carbonyl (C=O) groups excluding carboxylic acids is 1. The lowest BCUT2D eigenvalue weighted by molar-refractivity contribution is -0.139. The smallest absolute Gasteiger partial charge is 0.263 e. The van der Waals surface area contributed by atoms with Crippen LogP contribution in [0.15, 0.2) is 47.4 Å². The van der Waals surface area contributed by atoms with Crippen LogP contribution in [0.3, 0.4) is 0 Å². The Morgan fingerprint density at radius 2 is 1.61 bits per heavy atom. The normalized spacial score (nSPS) is 15.9. The van der Waals surface area contributed by atoms with Gasteiger partial charge in [-0.15, -0.1) is 0 Å². The summed E-state index contributed by atoms with van der Waals surface area (Å²) < 4.78 is 43.5. The SMILES string of the molecule is COc1ccc(S(=O)(=O)N2CCN(C(=O)C(C)Oc3ccccc3Cl)CC2)cc1OC. The first kappa shape index (κ1) is 23.2. The number of piperazine rings is 1. The van der Waals surface area contributed by atoms with E-state index in [9.17, 15) is 13.2 Å². The van der Waals surface area contributed by atoms with Crippen molar-refractivity contribution in [3.63, 3.8) is 0 Å². The van der Waals surface area contributed by atoms with Gasteiger partial charge < -0.3 is 19.1 Å². The first-order valence-corrected chi connectivity index (χ1v) is 11.5. The van der Waals surface area contributed by atoms with E-state index >= 15 is 0 Å². The maximum Gasteiger partial charge on any atom is 0.263 e. The van der Waals surface area contributed by atoms with Gasteiger partial charge in [-0.3, -0.25) is 4.79 Å². The number of halogens is 1. The highest BCUT2D eigenvalue weighted by atomic mass is 35.5. The summed E-state index contributed by atoms with van der Waals surface area (Å²) in [5, 5.41) is 0.424. The van der Waals surface area contributed by atoms with Crippen molar-refractivity contribution < 1.29 is 27.4 Å². The van der Waals surface area contributed by atoms with Crippen LogP contribution in [-0.4, -0.2) is 70.0 Å². The summed E-state index contributed by atoms with van der Waals surface area (Å²) in [4.78, 5) is 14.5. The van der Waals surface area contributed by atoms with Crippen molar-refractivity contribution in [1.82, 2.24) is 9.21 Å². The lowest BCUT2D eigenvalue weighted by Crippen LogP contribution is -2.53. The Morgan fingerprint density at radius 1 is 0.968 bits per heavy atom. The molecule has 1 aliphatic rings. The van der Waals surface area contributed by atoms with E-state index in [0.29, 0.717) is 22.3 Å². The molecule has 0 aliphatic carbocycles. The second kappa shape index (κ2) is 9.76. The zero-order chi connectivity index (χ0) is 22.6. The molecule has 3 rings (SSSR count). The summed E-state index contributed by atoms with van der Waals surface area (Å²) in [6.45, 7) is 2.55. The highest BCUT2D eigenvalue weighted by Gasteiger charge is 2.32. The van der Waals surface area contributed by atoms with E-state index in [4.69, 9.17) is 25.8 Å². The van der Waals surface area contributed by atoms with Crippen LogP contribution in [-0.2, 0) is 14.8 Å². The van der Waals surface area contributed by atoms with Gasteiger partial charge in [0.15, 0.2) is 17.6 Å². The molecule has 2 aromatic rings. The molecule has 10 heteroatoms. The van der Waals surface area contributed by atoms with Gasteiger partial charge in [0.2, 0.25) is 10.0 Å². The Morgan fingerprint density at radius 3 is 2.23 bits per heavy atom. The second-order valence-electron chi connectivity index (χ2n) is 6.94. The van der Waals surface area contributed by atoms with Gasteiger partial charge in [-0.25, -0.2) is 8.42 Å². The number of rotatable bonds is 7. The van der Waals surface area contributed by atoms with E-state index in [1.165, 1.54) is 30.7 Å². The van der Waals surface area contributed by atoms with Gasteiger partial charge >= 0.3 is 0 Å². The van der Waals surface area contributed by atoms with E-state index in [1.807, 2.05) is 0 Å². The second-order valence-corrected chi connectivity index (χ2v) is 9.28. The molecule has 1 aliphatic heterocycles. The Balaban J connectivity index is 1.64. The molecule has 1 atom stereocenters. The van der Waals surface area contributed by atoms with Gasteiger partial charge in [0.1, 0.15) is 5.75 Å². The lowest BCUT2D eigenvalue weighted by Gasteiger charge is -2.35. The maximum atomic E-state index is 13.0. The number of para-hydroxylation sites is 1. The van der Waals surface area contributed by atoms with Crippen LogP contribution in [0, 0.1) is 0 Å². The third-order valence-corrected chi connectivity index (χ3v) is 7.24. The van der Waals surface area contributed by atoms with Gasteiger partial charge in [-0.1, -0.05) is 23.7 Å². The van der Waals surface area contributed by atoms with Crippen LogP contribution >= 0.6 is 11.6 Å². The molecule has 0 bridgehead atoms. The van der Waals surface area contributed by atoms with Crippen molar-refractivity contribution in [1.29, 1.82) is 0 Å². The Kier molecular flexibility index (Phi) is 7.30. The molecule has 1 unspecified atom stereocenters. The highest BCUT2D eigenvalue weighted by Crippen LogP contribution is 2.31. The Bertz CT molecular complexity index is 1040. The van der Waals surface area contributed by atoms with Crippen molar-refractivity contribution in [3.05, 3.63) is 47.5 Å². The van der Waals surface area contributed by atoms with E-state index < -0.39 is 16.1 Å². The number of sulfonamides is 1. The molecule has 31 heavy (non-hydrogen) atoms. The van der Waals surface area contributed by atoms with Crippen LogP contribution in [0.2, 0.25) is 5.02 Å². The van der Waals surface area contributed by atoms with Crippen LogP contribution in [0.1, 0.15) is 6.92 Å². The van der Waals surface area contributed by atoms with E-state index in [0.717, 1.165) is 0 Å². The van der Waals surface area contributed by atoms with Crippen molar-refractivity contribution >= 4 is 27.5 Å². The molecular formula is C21H25ClN2O6S. The number of hydrogen-bond acceptors (Lipinski definition) is 6. The van der Waals surface area contributed by atoms with Gasteiger partial charge in [0.25, 0.3) is 5.91 Å². The molecule has 2 aromatic carbocycles. The van der Waals surface area contributed by atoms with Gasteiger partial charge in [-0.2, -0.15) is 4.31 Å². The van der Waals surface area contributed by atoms with E-state index in [1.54, 1.807) is 42.2 Å².